The van der Waals surface area contributed by atoms with Crippen LogP contribution in [0.15, 0.2) is 12.4 Å². The number of nitriles is 1. The van der Waals surface area contributed by atoms with E-state index in [0.29, 0.717) is 5.82 Å². The number of rotatable bonds is 4. The van der Waals surface area contributed by atoms with Gasteiger partial charge in [-0.15, -0.1) is 0 Å². The van der Waals surface area contributed by atoms with Crippen molar-refractivity contribution in [3.05, 3.63) is 18.1 Å². The van der Waals surface area contributed by atoms with E-state index in [1.807, 2.05) is 6.07 Å². The Labute approximate surface area is 92.2 Å². The van der Waals surface area contributed by atoms with Crippen LogP contribution in [0.1, 0.15) is 18.5 Å². The molecule has 0 radical (unpaired) electrons. The Balaban J connectivity index is 2.31. The second kappa shape index (κ2) is 4.14. The van der Waals surface area contributed by atoms with E-state index in [1.165, 1.54) is 12.4 Å². The number of hydrogen-bond donors (Lipinski definition) is 1. The first-order valence-electron chi connectivity index (χ1n) is 4.92. The quantitative estimate of drug-likeness (QED) is 0.786. The maximum Gasteiger partial charge on any atom is 0.323 e. The van der Waals surface area contributed by atoms with Gasteiger partial charge in [0.2, 0.25) is 0 Å². The van der Waals surface area contributed by atoms with E-state index >= 15 is 0 Å². The van der Waals surface area contributed by atoms with Gasteiger partial charge in [-0.05, 0) is 12.8 Å². The average Bonchev–Trinajstić information content (AvgIpc) is 3.09. The van der Waals surface area contributed by atoms with Crippen LogP contribution in [0.3, 0.4) is 0 Å². The maximum absolute atomic E-state index is 10.7. The molecule has 16 heavy (non-hydrogen) atoms. The molecule has 0 spiro atoms. The number of nitrogens with zero attached hydrogens (tertiary/aromatic N) is 4. The molecule has 82 valence electrons. The molecule has 0 atom stereocenters. The summed E-state index contributed by atoms with van der Waals surface area (Å²) in [5.74, 6) is -0.559. The minimum atomic E-state index is -0.929. The Morgan fingerprint density at radius 3 is 2.81 bits per heavy atom. The fraction of sp³-hybridized carbons (Fsp3) is 0.400. The predicted molar refractivity (Wildman–Crippen MR) is 54.8 cm³/mol. The van der Waals surface area contributed by atoms with Gasteiger partial charge in [-0.1, -0.05) is 0 Å². The second-order valence-corrected chi connectivity index (χ2v) is 3.59. The topological polar surface area (TPSA) is 90.1 Å². The summed E-state index contributed by atoms with van der Waals surface area (Å²) in [5.41, 5.74) is 0.177. The Hall–Kier alpha value is -2.16. The molecule has 1 aliphatic carbocycles. The van der Waals surface area contributed by atoms with Gasteiger partial charge in [-0.3, -0.25) is 4.79 Å². The van der Waals surface area contributed by atoms with E-state index in [4.69, 9.17) is 10.4 Å². The highest BCUT2D eigenvalue weighted by Crippen LogP contribution is 2.31. The molecule has 1 N–H and O–H groups in total. The summed E-state index contributed by atoms with van der Waals surface area (Å²) in [6.07, 6.45) is 4.77. The van der Waals surface area contributed by atoms with E-state index in [2.05, 4.69) is 9.97 Å². The largest absolute Gasteiger partial charge is 0.480 e. The molecule has 0 amide bonds. The molecule has 1 aromatic heterocycles. The fourth-order valence-electron chi connectivity index (χ4n) is 1.53. The normalized spacial score (nSPS) is 14.2. The van der Waals surface area contributed by atoms with Crippen molar-refractivity contribution in [1.82, 2.24) is 9.97 Å². The molecule has 0 bridgehead atoms. The summed E-state index contributed by atoms with van der Waals surface area (Å²) in [4.78, 5) is 20.3. The SMILES string of the molecule is N#Cc1nccnc1N(CC(=O)O)C1CC1. The molecule has 1 aliphatic rings. The number of carboxylic acid groups (broad SMARTS) is 1. The Kier molecular flexibility index (Phi) is 2.68. The molecule has 1 fully saturated rings. The Morgan fingerprint density at radius 1 is 1.56 bits per heavy atom. The van der Waals surface area contributed by atoms with Crippen LogP contribution in [0, 0.1) is 11.3 Å². The van der Waals surface area contributed by atoms with Gasteiger partial charge in [0.05, 0.1) is 0 Å². The van der Waals surface area contributed by atoms with Gasteiger partial charge < -0.3 is 10.0 Å². The van der Waals surface area contributed by atoms with Crippen LogP contribution in [0.5, 0.6) is 0 Å². The highest BCUT2D eigenvalue weighted by Gasteiger charge is 2.32. The van der Waals surface area contributed by atoms with E-state index in [-0.39, 0.29) is 18.3 Å². The predicted octanol–water partition coefficient (Wildman–Crippen LogP) is 0.402. The Bertz CT molecular complexity index is 450. The monoisotopic (exact) mass is 218 g/mol. The Morgan fingerprint density at radius 2 is 2.25 bits per heavy atom. The first-order chi connectivity index (χ1) is 7.72. The summed E-state index contributed by atoms with van der Waals surface area (Å²) < 4.78 is 0. The molecule has 0 saturated heterocycles. The van der Waals surface area contributed by atoms with Gasteiger partial charge in [-0.25, -0.2) is 9.97 Å². The molecule has 1 saturated carbocycles. The smallest absolute Gasteiger partial charge is 0.323 e. The van der Waals surface area contributed by atoms with E-state index in [9.17, 15) is 4.79 Å². The minimum absolute atomic E-state index is 0.141. The average molecular weight is 218 g/mol. The first kappa shape index (κ1) is 10.4. The van der Waals surface area contributed by atoms with Gasteiger partial charge in [0.15, 0.2) is 11.5 Å². The first-order valence-corrected chi connectivity index (χ1v) is 4.92. The zero-order valence-corrected chi connectivity index (χ0v) is 8.50. The van der Waals surface area contributed by atoms with Gasteiger partial charge in [0.25, 0.3) is 0 Å². The maximum atomic E-state index is 10.7. The summed E-state index contributed by atoms with van der Waals surface area (Å²) in [5, 5.41) is 17.7. The van der Waals surface area contributed by atoms with Crippen LogP contribution < -0.4 is 4.90 Å². The van der Waals surface area contributed by atoms with Crippen molar-refractivity contribution in [2.24, 2.45) is 0 Å². The van der Waals surface area contributed by atoms with Crippen LogP contribution in [-0.4, -0.2) is 33.6 Å². The van der Waals surface area contributed by atoms with Crippen molar-refractivity contribution in [3.63, 3.8) is 0 Å². The lowest BCUT2D eigenvalue weighted by atomic mass is 10.3. The van der Waals surface area contributed by atoms with Crippen LogP contribution in [0.4, 0.5) is 5.82 Å². The molecule has 1 aromatic rings. The zero-order valence-electron chi connectivity index (χ0n) is 8.50. The van der Waals surface area contributed by atoms with Crippen LogP contribution in [0.2, 0.25) is 0 Å². The number of anilines is 1. The molecule has 0 aromatic carbocycles. The van der Waals surface area contributed by atoms with Gasteiger partial charge >= 0.3 is 5.97 Å². The molecular formula is C10H10N4O2. The highest BCUT2D eigenvalue weighted by atomic mass is 16.4. The number of aromatic nitrogens is 2. The number of carboxylic acids is 1. The molecular weight excluding hydrogens is 208 g/mol. The molecule has 1 heterocycles. The van der Waals surface area contributed by atoms with E-state index < -0.39 is 5.97 Å². The lowest BCUT2D eigenvalue weighted by Gasteiger charge is -2.21. The molecule has 6 heteroatoms. The van der Waals surface area contributed by atoms with Gasteiger partial charge in [-0.2, -0.15) is 5.26 Å². The van der Waals surface area contributed by atoms with Crippen molar-refractivity contribution in [2.45, 2.75) is 18.9 Å². The third-order valence-corrected chi connectivity index (χ3v) is 2.35. The second-order valence-electron chi connectivity index (χ2n) is 3.59. The van der Waals surface area contributed by atoms with Crippen LogP contribution in [0.25, 0.3) is 0 Å². The number of hydrogen-bond acceptors (Lipinski definition) is 5. The minimum Gasteiger partial charge on any atom is -0.480 e. The summed E-state index contributed by atoms with van der Waals surface area (Å²) >= 11 is 0. The third-order valence-electron chi connectivity index (χ3n) is 2.35. The highest BCUT2D eigenvalue weighted by molar-refractivity contribution is 5.74. The van der Waals surface area contributed by atoms with Crippen molar-refractivity contribution >= 4 is 11.8 Å². The molecule has 2 rings (SSSR count). The van der Waals surface area contributed by atoms with Crippen molar-refractivity contribution in [2.75, 3.05) is 11.4 Å². The van der Waals surface area contributed by atoms with Gasteiger partial charge in [0, 0.05) is 18.4 Å². The lowest BCUT2D eigenvalue weighted by Crippen LogP contribution is -2.33. The van der Waals surface area contributed by atoms with E-state index in [1.54, 1.807) is 4.90 Å². The van der Waals surface area contributed by atoms with Gasteiger partial charge in [0.1, 0.15) is 12.6 Å². The summed E-state index contributed by atoms with van der Waals surface area (Å²) in [7, 11) is 0. The standard InChI is InChI=1S/C10H10N4O2/c11-5-8-10(13-4-3-12-8)14(6-9(15)16)7-1-2-7/h3-4,7H,1-2,6H2,(H,15,16). The molecule has 0 unspecified atom stereocenters. The van der Waals surface area contributed by atoms with Crippen molar-refractivity contribution < 1.29 is 9.90 Å². The van der Waals surface area contributed by atoms with Crippen LogP contribution in [-0.2, 0) is 4.79 Å². The number of carbonyl (C=O) groups is 1. The molecule has 0 aliphatic heterocycles. The zero-order chi connectivity index (χ0) is 11.5. The summed E-state index contributed by atoms with van der Waals surface area (Å²) in [6, 6.07) is 2.10. The van der Waals surface area contributed by atoms with Crippen LogP contribution >= 0.6 is 0 Å². The molecule has 6 nitrogen and oxygen atoms in total. The fourth-order valence-corrected chi connectivity index (χ4v) is 1.53. The third kappa shape index (κ3) is 2.08. The number of aliphatic carboxylic acids is 1. The lowest BCUT2D eigenvalue weighted by molar-refractivity contribution is -0.135. The van der Waals surface area contributed by atoms with Crippen molar-refractivity contribution in [1.29, 1.82) is 5.26 Å². The van der Waals surface area contributed by atoms with E-state index in [0.717, 1.165) is 12.8 Å². The van der Waals surface area contributed by atoms with Crippen molar-refractivity contribution in [3.8, 4) is 6.07 Å². The summed E-state index contributed by atoms with van der Waals surface area (Å²) in [6.45, 7) is -0.141.